The van der Waals surface area contributed by atoms with E-state index in [-0.39, 0.29) is 42.6 Å². The molecule has 11 heteroatoms. The van der Waals surface area contributed by atoms with Gasteiger partial charge in [0.15, 0.2) is 5.84 Å². The molecule has 1 aromatic heterocycles. The number of nitrogens with two attached hydrogens (primary N) is 1. The molecule has 0 saturated heterocycles. The minimum atomic E-state index is -0.719. The molecule has 0 bridgehead atoms. The Morgan fingerprint density at radius 3 is 2.65 bits per heavy atom. The number of rotatable bonds is 16. The molecule has 2 heterocycles. The van der Waals surface area contributed by atoms with Crippen LogP contribution in [0.1, 0.15) is 87.3 Å². The van der Waals surface area contributed by atoms with E-state index in [1.54, 1.807) is 23.1 Å². The van der Waals surface area contributed by atoms with E-state index in [4.69, 9.17) is 15.7 Å². The predicted molar refractivity (Wildman–Crippen MR) is 156 cm³/mol. The fraction of sp³-hybridized carbons (Fsp3) is 0.655. The molecule has 1 saturated carbocycles. The molecule has 1 aromatic rings. The fourth-order valence-corrected chi connectivity index (χ4v) is 6.17. The lowest BCUT2D eigenvalue weighted by molar-refractivity contribution is -0.144. The monoisotopic (exact) mass is 575 g/mol. The molecule has 2 amide bonds. The third-order valence-corrected chi connectivity index (χ3v) is 8.69. The Hall–Kier alpha value is -2.92. The van der Waals surface area contributed by atoms with Crippen LogP contribution >= 0.6 is 11.3 Å². The number of nitrogens with zero attached hydrogens (tertiary/aromatic N) is 2. The van der Waals surface area contributed by atoms with Crippen LogP contribution in [0.4, 0.5) is 0 Å². The highest BCUT2D eigenvalue weighted by atomic mass is 32.1. The van der Waals surface area contributed by atoms with Crippen molar-refractivity contribution in [2.75, 3.05) is 19.7 Å². The van der Waals surface area contributed by atoms with Crippen LogP contribution in [0.2, 0.25) is 0 Å². The quantitative estimate of drug-likeness (QED) is 0.0447. The van der Waals surface area contributed by atoms with E-state index in [1.807, 2.05) is 6.08 Å². The van der Waals surface area contributed by atoms with Gasteiger partial charge in [0, 0.05) is 11.4 Å². The highest BCUT2D eigenvalue weighted by molar-refractivity contribution is 7.14. The lowest BCUT2D eigenvalue weighted by Crippen LogP contribution is -2.56. The molecule has 222 valence electrons. The van der Waals surface area contributed by atoms with Gasteiger partial charge in [0.2, 0.25) is 11.8 Å². The number of esters is 1. The number of oxime groups is 1. The summed E-state index contributed by atoms with van der Waals surface area (Å²) in [7, 11) is 0. The molecule has 1 aliphatic heterocycles. The molecule has 10 nitrogen and oxygen atoms in total. The average Bonchev–Trinajstić information content (AvgIpc) is 3.66. The van der Waals surface area contributed by atoms with Gasteiger partial charge in [0.1, 0.15) is 6.04 Å². The summed E-state index contributed by atoms with van der Waals surface area (Å²) in [6.07, 6.45) is 15.4. The minimum absolute atomic E-state index is 0.0191. The molecule has 40 heavy (non-hydrogen) atoms. The Morgan fingerprint density at radius 1 is 1.15 bits per heavy atom. The van der Waals surface area contributed by atoms with Gasteiger partial charge in [-0.25, -0.2) is 0 Å². The van der Waals surface area contributed by atoms with Crippen LogP contribution < -0.4 is 16.4 Å². The molecule has 5 N–H and O–H groups in total. The molecular weight excluding hydrogens is 530 g/mol. The van der Waals surface area contributed by atoms with E-state index in [0.29, 0.717) is 18.0 Å². The zero-order valence-corrected chi connectivity index (χ0v) is 24.4. The summed E-state index contributed by atoms with van der Waals surface area (Å²) >= 11 is 1.32. The second kappa shape index (κ2) is 17.0. The summed E-state index contributed by atoms with van der Waals surface area (Å²) in [6.45, 7) is 3.17. The summed E-state index contributed by atoms with van der Waals surface area (Å²) in [5.74, 6) is -0.656. The van der Waals surface area contributed by atoms with E-state index in [0.717, 1.165) is 56.2 Å². The summed E-state index contributed by atoms with van der Waals surface area (Å²) in [4.78, 5) is 42.4. The van der Waals surface area contributed by atoms with Crippen LogP contribution in [0.5, 0.6) is 0 Å². The van der Waals surface area contributed by atoms with E-state index in [9.17, 15) is 14.4 Å². The van der Waals surface area contributed by atoms with Crippen molar-refractivity contribution in [3.05, 3.63) is 34.0 Å². The SMILES string of the molecule is CCCCCCCCOC(=O)CN[C@H](C(=O)N1CC=CC1C(=O)NCc1ccc(/C(N)=N/O)s1)C1CCCCC1. The molecule has 2 atom stereocenters. The van der Waals surface area contributed by atoms with Gasteiger partial charge in [-0.3, -0.25) is 19.7 Å². The molecule has 0 spiro atoms. The number of carbonyl (C=O) groups excluding carboxylic acids is 3. The Kier molecular flexibility index (Phi) is 13.4. The highest BCUT2D eigenvalue weighted by Gasteiger charge is 2.38. The standard InChI is InChI=1S/C29H45N5O5S/c1-2-3-4-5-6-10-18-39-25(35)20-31-26(21-12-8-7-9-13-21)29(37)34-17-11-14-23(34)28(36)32-19-22-15-16-24(40-22)27(30)33-38/h11,14-16,21,23,26,31,38H,2-10,12-13,17-20H2,1H3,(H2,30,33)(H,32,36)/t23?,26-/m0/s1. The molecule has 1 unspecified atom stereocenters. The minimum Gasteiger partial charge on any atom is -0.465 e. The molecule has 0 radical (unpaired) electrons. The van der Waals surface area contributed by atoms with Crippen LogP contribution in [0.15, 0.2) is 29.4 Å². The molecule has 1 fully saturated rings. The smallest absolute Gasteiger partial charge is 0.319 e. The number of unbranched alkanes of at least 4 members (excludes halogenated alkanes) is 5. The maximum Gasteiger partial charge on any atom is 0.319 e. The topological polar surface area (TPSA) is 146 Å². The molecule has 2 aliphatic rings. The Bertz CT molecular complexity index is 1020. The number of amides is 2. The van der Waals surface area contributed by atoms with Gasteiger partial charge < -0.3 is 25.9 Å². The van der Waals surface area contributed by atoms with E-state index in [2.05, 4.69) is 22.7 Å². The fourth-order valence-electron chi connectivity index (χ4n) is 5.33. The number of thiophene rings is 1. The first-order chi connectivity index (χ1) is 19.4. The average molecular weight is 576 g/mol. The summed E-state index contributed by atoms with van der Waals surface area (Å²) < 4.78 is 5.42. The van der Waals surface area contributed by atoms with Crippen molar-refractivity contribution in [1.82, 2.24) is 15.5 Å². The normalized spacial score (nSPS) is 18.6. The highest BCUT2D eigenvalue weighted by Crippen LogP contribution is 2.28. The zero-order chi connectivity index (χ0) is 28.7. The van der Waals surface area contributed by atoms with Crippen molar-refractivity contribution in [2.45, 2.75) is 96.2 Å². The lowest BCUT2D eigenvalue weighted by atomic mass is 9.83. The van der Waals surface area contributed by atoms with Crippen LogP contribution in [-0.4, -0.2) is 65.5 Å². The van der Waals surface area contributed by atoms with Crippen LogP contribution in [0.25, 0.3) is 0 Å². The Morgan fingerprint density at radius 2 is 1.90 bits per heavy atom. The predicted octanol–water partition coefficient (Wildman–Crippen LogP) is 3.67. The van der Waals surface area contributed by atoms with Crippen molar-refractivity contribution >= 4 is 35.0 Å². The van der Waals surface area contributed by atoms with E-state index in [1.165, 1.54) is 30.6 Å². The van der Waals surface area contributed by atoms with Crippen LogP contribution in [0.3, 0.4) is 0 Å². The molecular formula is C29H45N5O5S. The maximum absolute atomic E-state index is 13.8. The first-order valence-corrected chi connectivity index (χ1v) is 15.5. The van der Waals surface area contributed by atoms with Crippen molar-refractivity contribution in [2.24, 2.45) is 16.8 Å². The van der Waals surface area contributed by atoms with Crippen molar-refractivity contribution in [1.29, 1.82) is 0 Å². The second-order valence-corrected chi connectivity index (χ2v) is 11.7. The number of carbonyl (C=O) groups is 3. The van der Waals surface area contributed by atoms with Gasteiger partial charge in [0.05, 0.1) is 30.6 Å². The van der Waals surface area contributed by atoms with Crippen molar-refractivity contribution < 1.29 is 24.3 Å². The van der Waals surface area contributed by atoms with Gasteiger partial charge in [0.25, 0.3) is 0 Å². The lowest BCUT2D eigenvalue weighted by Gasteiger charge is -2.34. The number of nitrogens with one attached hydrogen (secondary N) is 2. The van der Waals surface area contributed by atoms with E-state index < -0.39 is 12.1 Å². The number of amidine groups is 1. The first-order valence-electron chi connectivity index (χ1n) is 14.6. The molecule has 0 aromatic carbocycles. The Labute approximate surface area is 241 Å². The zero-order valence-electron chi connectivity index (χ0n) is 23.6. The van der Waals surface area contributed by atoms with Crippen molar-refractivity contribution in [3.8, 4) is 0 Å². The Balaban J connectivity index is 1.53. The summed E-state index contributed by atoms with van der Waals surface area (Å²) in [5, 5.41) is 18.0. The maximum atomic E-state index is 13.8. The van der Waals surface area contributed by atoms with Crippen LogP contribution in [-0.2, 0) is 25.7 Å². The summed E-state index contributed by atoms with van der Waals surface area (Å²) in [6, 6.07) is 2.27. The number of hydrogen-bond acceptors (Lipinski definition) is 8. The van der Waals surface area contributed by atoms with Crippen molar-refractivity contribution in [3.63, 3.8) is 0 Å². The first kappa shape index (κ1) is 31.6. The number of hydrogen-bond donors (Lipinski definition) is 4. The van der Waals surface area contributed by atoms with Gasteiger partial charge in [-0.05, 0) is 37.3 Å². The summed E-state index contributed by atoms with van der Waals surface area (Å²) in [5.41, 5.74) is 5.63. The largest absolute Gasteiger partial charge is 0.465 e. The van der Waals surface area contributed by atoms with Gasteiger partial charge >= 0.3 is 5.97 Å². The third kappa shape index (κ3) is 9.62. The van der Waals surface area contributed by atoms with Crippen LogP contribution in [0, 0.1) is 5.92 Å². The molecule has 1 aliphatic carbocycles. The van der Waals surface area contributed by atoms with Gasteiger partial charge in [-0.15, -0.1) is 11.3 Å². The van der Waals surface area contributed by atoms with Gasteiger partial charge in [-0.2, -0.15) is 0 Å². The number of ether oxygens (including phenoxy) is 1. The molecule has 3 rings (SSSR count). The van der Waals surface area contributed by atoms with Gasteiger partial charge in [-0.1, -0.05) is 75.6 Å². The van der Waals surface area contributed by atoms with E-state index >= 15 is 0 Å². The third-order valence-electron chi connectivity index (χ3n) is 7.58. The second-order valence-electron chi connectivity index (χ2n) is 10.6.